The number of rotatable bonds is 6. The Balaban J connectivity index is 1.35. The van der Waals surface area contributed by atoms with Gasteiger partial charge in [-0.25, -0.2) is 23.0 Å². The number of fused-ring (bicyclic) bond motifs is 8. The zero-order valence-electron chi connectivity index (χ0n) is 25.0. The van der Waals surface area contributed by atoms with E-state index < -0.39 is 12.1 Å². The molecule has 2 aromatic carbocycles. The maximum absolute atomic E-state index is 14.8. The Bertz CT molecular complexity index is 2550. The quantitative estimate of drug-likeness (QED) is 0.228. The molecule has 7 heterocycles. The molecule has 18 heteroatoms. The fourth-order valence-electron chi connectivity index (χ4n) is 5.98. The highest BCUT2D eigenvalue weighted by molar-refractivity contribution is 9.10. The average molecular weight is 713 g/mol. The van der Waals surface area contributed by atoms with Crippen LogP contribution in [0.4, 0.5) is 8.78 Å². The Kier molecular flexibility index (Phi) is 6.23. The topological polar surface area (TPSA) is 149 Å². The van der Waals surface area contributed by atoms with Gasteiger partial charge in [0.05, 0.1) is 23.7 Å². The van der Waals surface area contributed by atoms with Crippen molar-refractivity contribution in [2.45, 2.75) is 26.5 Å². The summed E-state index contributed by atoms with van der Waals surface area (Å²) in [5, 5.41) is 27.9. The van der Waals surface area contributed by atoms with Gasteiger partial charge < -0.3 is 9.26 Å². The van der Waals surface area contributed by atoms with Crippen LogP contribution in [0.25, 0.3) is 51.0 Å². The Labute approximate surface area is 276 Å². The van der Waals surface area contributed by atoms with E-state index in [0.29, 0.717) is 56.5 Å². The van der Waals surface area contributed by atoms with Gasteiger partial charge in [-0.05, 0) is 37.3 Å². The molecule has 0 unspecified atom stereocenters. The molecule has 0 atom stereocenters. The molecule has 48 heavy (non-hydrogen) atoms. The third kappa shape index (κ3) is 4.32. The highest BCUT2D eigenvalue weighted by Gasteiger charge is 2.39. The van der Waals surface area contributed by atoms with Crippen molar-refractivity contribution in [1.29, 1.82) is 0 Å². The van der Waals surface area contributed by atoms with Gasteiger partial charge in [-0.1, -0.05) is 53.3 Å². The predicted octanol–water partition coefficient (Wildman–Crippen LogP) is 4.34. The molecule has 8 aromatic rings. The van der Waals surface area contributed by atoms with Crippen molar-refractivity contribution >= 4 is 32.3 Å². The fourth-order valence-corrected chi connectivity index (χ4v) is 6.34. The van der Waals surface area contributed by atoms with Gasteiger partial charge in [-0.15, -0.1) is 14.6 Å². The number of hydrogen-bond donors (Lipinski definition) is 0. The Hall–Kier alpha value is -5.91. The average Bonchev–Trinajstić information content (AvgIpc) is 3.90. The molecule has 0 amide bonds. The molecule has 0 saturated carbocycles. The van der Waals surface area contributed by atoms with Crippen molar-refractivity contribution in [3.05, 3.63) is 88.4 Å². The minimum atomic E-state index is -2.90. The summed E-state index contributed by atoms with van der Waals surface area (Å²) in [5.41, 5.74) is 2.39. The summed E-state index contributed by atoms with van der Waals surface area (Å²) in [4.78, 5) is 9.00. The first-order valence-corrected chi connectivity index (χ1v) is 15.4. The number of ether oxygens (including phenoxy) is 1. The minimum Gasteiger partial charge on any atom is -0.469 e. The number of hydrogen-bond acceptors (Lipinski definition) is 10. The van der Waals surface area contributed by atoms with Crippen LogP contribution >= 0.6 is 15.9 Å². The minimum absolute atomic E-state index is 0.0117. The summed E-state index contributed by atoms with van der Waals surface area (Å²) in [6.45, 7) is 1.84. The van der Waals surface area contributed by atoms with E-state index in [1.165, 1.54) is 11.0 Å². The number of imidazole rings is 1. The normalized spacial score (nSPS) is 12.5. The molecular weight excluding hydrogens is 692 g/mol. The number of benzene rings is 2. The second-order valence-corrected chi connectivity index (χ2v) is 12.0. The maximum Gasteiger partial charge on any atom is 0.384 e. The molecule has 15 nitrogen and oxygen atoms in total. The lowest BCUT2D eigenvalue weighted by atomic mass is 10.1. The van der Waals surface area contributed by atoms with Crippen LogP contribution in [-0.2, 0) is 20.2 Å². The van der Waals surface area contributed by atoms with Gasteiger partial charge in [0, 0.05) is 23.0 Å². The summed E-state index contributed by atoms with van der Waals surface area (Å²) < 4.78 is 50.0. The highest BCUT2D eigenvalue weighted by atomic mass is 79.9. The van der Waals surface area contributed by atoms with E-state index in [2.05, 4.69) is 46.5 Å². The lowest BCUT2D eigenvalue weighted by Crippen LogP contribution is -2.39. The van der Waals surface area contributed by atoms with Crippen LogP contribution in [0.5, 0.6) is 5.88 Å². The molecular formula is C30H21BrF2N13O2+. The van der Waals surface area contributed by atoms with Crippen LogP contribution in [0.2, 0.25) is 0 Å². The fraction of sp³-hybridized carbons (Fsp3) is 0.167. The van der Waals surface area contributed by atoms with Crippen LogP contribution in [0, 0.1) is 6.92 Å². The van der Waals surface area contributed by atoms with Crippen molar-refractivity contribution in [2.75, 3.05) is 0 Å². The second kappa shape index (κ2) is 10.6. The van der Waals surface area contributed by atoms with E-state index in [1.54, 1.807) is 44.7 Å². The van der Waals surface area contributed by atoms with Gasteiger partial charge >= 0.3 is 5.95 Å². The number of alkyl halides is 2. The van der Waals surface area contributed by atoms with Crippen LogP contribution in [-0.4, -0.2) is 59.2 Å². The molecule has 0 N–H and O–H groups in total. The van der Waals surface area contributed by atoms with Gasteiger partial charge in [0.2, 0.25) is 5.65 Å². The molecule has 9 rings (SSSR count). The number of aromatic nitrogens is 13. The molecule has 0 bridgehead atoms. The van der Waals surface area contributed by atoms with E-state index in [9.17, 15) is 8.78 Å². The molecule has 0 spiro atoms. The highest BCUT2D eigenvalue weighted by Crippen LogP contribution is 2.37. The van der Waals surface area contributed by atoms with E-state index >= 15 is 0 Å². The second-order valence-electron chi connectivity index (χ2n) is 11.1. The first-order chi connectivity index (χ1) is 23.3. The third-order valence-corrected chi connectivity index (χ3v) is 8.48. The number of aryl methyl sites for hydroxylation is 2. The van der Waals surface area contributed by atoms with Crippen molar-refractivity contribution in [3.8, 4) is 40.4 Å². The van der Waals surface area contributed by atoms with Gasteiger partial charge in [-0.2, -0.15) is 5.10 Å². The summed E-state index contributed by atoms with van der Waals surface area (Å²) >= 11 is 3.54. The molecule has 1 aliphatic rings. The van der Waals surface area contributed by atoms with Gasteiger partial charge in [0.15, 0.2) is 17.2 Å². The lowest BCUT2D eigenvalue weighted by molar-refractivity contribution is -0.652. The van der Waals surface area contributed by atoms with E-state index in [-0.39, 0.29) is 30.7 Å². The van der Waals surface area contributed by atoms with E-state index in [0.717, 1.165) is 4.47 Å². The first-order valence-electron chi connectivity index (χ1n) is 14.6. The summed E-state index contributed by atoms with van der Waals surface area (Å²) in [6.07, 6.45) is 0.245. The molecule has 1 aliphatic heterocycles. The predicted molar refractivity (Wildman–Crippen MR) is 165 cm³/mol. The molecule has 238 valence electrons. The standard InChI is InChI=1S/C30H21BrF2N13O2/c1-15-9-21(40-48-15)29-45-27(18-5-3-4-6-19(18)28(39-45)47-13-17-11-42(2)41-37-17)38-46(29)30-36-24(25(32)33)23-12-43-26(34-14-35-43)20-10-16(31)7-8-22(20)44(23)30/h3-11,14,25H,12-13H2,1-2H3/q+1. The molecule has 0 fully saturated rings. The van der Waals surface area contributed by atoms with E-state index in [1.807, 2.05) is 42.5 Å². The maximum atomic E-state index is 14.8. The number of nitrogens with zero attached hydrogens (tertiary/aromatic N) is 13. The zero-order chi connectivity index (χ0) is 32.7. The zero-order valence-corrected chi connectivity index (χ0v) is 26.6. The lowest BCUT2D eigenvalue weighted by Gasteiger charge is -2.08. The Morgan fingerprint density at radius 3 is 2.75 bits per heavy atom. The van der Waals surface area contributed by atoms with Crippen molar-refractivity contribution in [3.63, 3.8) is 0 Å². The third-order valence-electron chi connectivity index (χ3n) is 7.99. The largest absolute Gasteiger partial charge is 0.469 e. The van der Waals surface area contributed by atoms with Gasteiger partial charge in [0.1, 0.15) is 35.8 Å². The Morgan fingerprint density at radius 1 is 1.12 bits per heavy atom. The van der Waals surface area contributed by atoms with Gasteiger partial charge in [0.25, 0.3) is 18.1 Å². The molecule has 0 radical (unpaired) electrons. The van der Waals surface area contributed by atoms with Crippen molar-refractivity contribution in [2.24, 2.45) is 7.05 Å². The van der Waals surface area contributed by atoms with Gasteiger partial charge in [-0.3, -0.25) is 4.68 Å². The Morgan fingerprint density at radius 2 is 1.98 bits per heavy atom. The van der Waals surface area contributed by atoms with Crippen LogP contribution in [0.3, 0.4) is 0 Å². The smallest absolute Gasteiger partial charge is 0.384 e. The SMILES string of the molecule is Cc1cc(-c2n3nc(OCc4cn(C)nn4)c4ccccc4c3n[n+]2-c2nc(C(F)F)c3n2-c2ccc(Br)cc2-c2ncnn2C3)no1. The van der Waals surface area contributed by atoms with Crippen molar-refractivity contribution < 1.29 is 22.7 Å². The van der Waals surface area contributed by atoms with Crippen LogP contribution in [0.1, 0.15) is 29.3 Å². The van der Waals surface area contributed by atoms with E-state index in [4.69, 9.17) is 19.5 Å². The van der Waals surface area contributed by atoms with Crippen molar-refractivity contribution in [1.82, 2.24) is 59.2 Å². The first kappa shape index (κ1) is 28.3. The van der Waals surface area contributed by atoms with Crippen LogP contribution in [0.15, 0.2) is 70.1 Å². The summed E-state index contributed by atoms with van der Waals surface area (Å²) in [6, 6.07) is 14.7. The molecule has 0 aliphatic carbocycles. The molecule has 6 aromatic heterocycles. The number of halogens is 3. The molecule has 0 saturated heterocycles. The summed E-state index contributed by atoms with van der Waals surface area (Å²) in [5.74, 6) is 1.71. The summed E-state index contributed by atoms with van der Waals surface area (Å²) in [7, 11) is 1.77. The monoisotopic (exact) mass is 712 g/mol. The van der Waals surface area contributed by atoms with Crippen LogP contribution < -0.4 is 9.42 Å².